The van der Waals surface area contributed by atoms with Crippen molar-refractivity contribution in [3.63, 3.8) is 0 Å². The Bertz CT molecular complexity index is 589. The molecule has 0 saturated carbocycles. The maximum absolute atomic E-state index is 12.3. The van der Waals surface area contributed by atoms with E-state index >= 15 is 0 Å². The van der Waals surface area contributed by atoms with Gasteiger partial charge in [0.25, 0.3) is 5.91 Å². The van der Waals surface area contributed by atoms with Crippen LogP contribution in [0.1, 0.15) is 40.4 Å². The number of rotatable bonds is 5. The number of hydrogen-bond donors (Lipinski definition) is 1. The Morgan fingerprint density at radius 1 is 1.30 bits per heavy atom. The molecule has 1 heterocycles. The molecule has 0 aliphatic carbocycles. The van der Waals surface area contributed by atoms with E-state index in [2.05, 4.69) is 5.32 Å². The lowest BCUT2D eigenvalue weighted by Crippen LogP contribution is -2.27. The Morgan fingerprint density at radius 3 is 2.70 bits per heavy atom. The van der Waals surface area contributed by atoms with Crippen molar-refractivity contribution in [1.29, 1.82) is 0 Å². The Kier molecular flexibility index (Phi) is 4.58. The fourth-order valence-electron chi connectivity index (χ4n) is 2.05. The van der Waals surface area contributed by atoms with Gasteiger partial charge in [0, 0.05) is 12.7 Å². The topological polar surface area (TPSA) is 51.5 Å². The summed E-state index contributed by atoms with van der Waals surface area (Å²) in [5.74, 6) is 1.46. The zero-order valence-corrected chi connectivity index (χ0v) is 12.0. The van der Waals surface area contributed by atoms with Crippen molar-refractivity contribution >= 4 is 5.91 Å². The highest BCUT2D eigenvalue weighted by Gasteiger charge is 2.16. The number of carbonyl (C=O) groups excluding carboxylic acids is 1. The van der Waals surface area contributed by atoms with Gasteiger partial charge in [-0.2, -0.15) is 0 Å². The van der Waals surface area contributed by atoms with Crippen LogP contribution in [0.2, 0.25) is 0 Å². The summed E-state index contributed by atoms with van der Waals surface area (Å²) in [5.41, 5.74) is 1.50. The molecule has 4 heteroatoms. The van der Waals surface area contributed by atoms with Crippen molar-refractivity contribution in [2.75, 3.05) is 7.11 Å². The third kappa shape index (κ3) is 3.27. The molecule has 20 heavy (non-hydrogen) atoms. The third-order valence-corrected chi connectivity index (χ3v) is 3.10. The molecule has 0 radical (unpaired) electrons. The minimum atomic E-state index is -0.174. The van der Waals surface area contributed by atoms with Crippen LogP contribution in [0.4, 0.5) is 0 Å². The zero-order chi connectivity index (χ0) is 14.5. The van der Waals surface area contributed by atoms with Gasteiger partial charge >= 0.3 is 0 Å². The van der Waals surface area contributed by atoms with E-state index in [4.69, 9.17) is 9.15 Å². The normalized spacial score (nSPS) is 12.2. The van der Waals surface area contributed by atoms with Gasteiger partial charge in [-0.3, -0.25) is 4.79 Å². The Labute approximate surface area is 118 Å². The lowest BCUT2D eigenvalue weighted by Gasteiger charge is -2.13. The molecule has 0 aliphatic heterocycles. The summed E-state index contributed by atoms with van der Waals surface area (Å²) in [6.45, 7) is 4.19. The Balaban J connectivity index is 2.12. The first-order chi connectivity index (χ1) is 9.61. The second-order valence-corrected chi connectivity index (χ2v) is 4.73. The summed E-state index contributed by atoms with van der Waals surface area (Å²) in [6, 6.07) is 11.0. The van der Waals surface area contributed by atoms with Crippen LogP contribution in [0.5, 0.6) is 0 Å². The van der Waals surface area contributed by atoms with Crippen molar-refractivity contribution in [1.82, 2.24) is 5.32 Å². The van der Waals surface area contributed by atoms with E-state index in [0.717, 1.165) is 17.1 Å². The predicted molar refractivity (Wildman–Crippen MR) is 76.5 cm³/mol. The lowest BCUT2D eigenvalue weighted by atomic mass is 10.1. The van der Waals surface area contributed by atoms with Crippen LogP contribution in [0.15, 0.2) is 40.8 Å². The molecule has 2 aromatic rings. The number of carbonyl (C=O) groups is 1. The van der Waals surface area contributed by atoms with E-state index in [1.165, 1.54) is 0 Å². The highest BCUT2D eigenvalue weighted by Crippen LogP contribution is 2.17. The van der Waals surface area contributed by atoms with Crippen molar-refractivity contribution in [3.05, 3.63) is 59.0 Å². The number of amides is 1. The molecular formula is C16H19NO3. The highest BCUT2D eigenvalue weighted by molar-refractivity contribution is 5.95. The molecule has 1 unspecified atom stereocenters. The highest BCUT2D eigenvalue weighted by atomic mass is 16.5. The van der Waals surface area contributed by atoms with Crippen LogP contribution < -0.4 is 5.32 Å². The van der Waals surface area contributed by atoms with Crippen LogP contribution >= 0.6 is 0 Å². The molecule has 0 bridgehead atoms. The van der Waals surface area contributed by atoms with Gasteiger partial charge in [0.2, 0.25) is 0 Å². The number of benzene rings is 1. The summed E-state index contributed by atoms with van der Waals surface area (Å²) in [7, 11) is 1.61. The second-order valence-electron chi connectivity index (χ2n) is 4.73. The first-order valence-corrected chi connectivity index (χ1v) is 6.56. The van der Waals surface area contributed by atoms with Gasteiger partial charge < -0.3 is 14.5 Å². The number of nitrogens with one attached hydrogen (secondary N) is 1. The molecule has 0 saturated heterocycles. The van der Waals surface area contributed by atoms with Gasteiger partial charge in [-0.05, 0) is 37.6 Å². The predicted octanol–water partition coefficient (Wildman–Crippen LogP) is 3.23. The molecule has 1 N–H and O–H groups in total. The maximum atomic E-state index is 12.3. The first-order valence-electron chi connectivity index (χ1n) is 6.56. The van der Waals surface area contributed by atoms with E-state index in [9.17, 15) is 4.79 Å². The van der Waals surface area contributed by atoms with Gasteiger partial charge in [0.1, 0.15) is 11.5 Å². The molecular weight excluding hydrogens is 254 g/mol. The summed E-state index contributed by atoms with van der Waals surface area (Å²) in [6.07, 6.45) is 0. The third-order valence-electron chi connectivity index (χ3n) is 3.10. The van der Waals surface area contributed by atoms with Crippen LogP contribution in [0.25, 0.3) is 0 Å². The van der Waals surface area contributed by atoms with Crippen LogP contribution in [0.3, 0.4) is 0 Å². The van der Waals surface area contributed by atoms with Gasteiger partial charge in [0.05, 0.1) is 12.6 Å². The molecule has 1 atom stereocenters. The van der Waals surface area contributed by atoms with Crippen molar-refractivity contribution in [2.24, 2.45) is 0 Å². The number of hydrogen-bond acceptors (Lipinski definition) is 3. The van der Waals surface area contributed by atoms with Gasteiger partial charge in [0.15, 0.2) is 0 Å². The molecule has 1 aromatic carbocycles. The van der Waals surface area contributed by atoms with Crippen LogP contribution in [0, 0.1) is 6.92 Å². The van der Waals surface area contributed by atoms with E-state index in [1.54, 1.807) is 13.2 Å². The van der Waals surface area contributed by atoms with E-state index < -0.39 is 0 Å². The van der Waals surface area contributed by atoms with E-state index in [-0.39, 0.29) is 11.9 Å². The van der Waals surface area contributed by atoms with E-state index in [1.807, 2.05) is 44.2 Å². The van der Waals surface area contributed by atoms with Gasteiger partial charge in [-0.25, -0.2) is 0 Å². The fraction of sp³-hybridized carbons (Fsp3) is 0.312. The van der Waals surface area contributed by atoms with Gasteiger partial charge in [-0.15, -0.1) is 0 Å². The summed E-state index contributed by atoms with van der Waals surface area (Å²) in [4.78, 5) is 12.3. The van der Waals surface area contributed by atoms with Crippen molar-refractivity contribution in [2.45, 2.75) is 26.5 Å². The molecule has 0 fully saturated rings. The molecule has 0 spiro atoms. The monoisotopic (exact) mass is 273 g/mol. The Morgan fingerprint density at radius 2 is 2.05 bits per heavy atom. The number of aryl methyl sites for hydroxylation is 1. The minimum Gasteiger partial charge on any atom is -0.464 e. The number of ether oxygens (including phenoxy) is 1. The van der Waals surface area contributed by atoms with Crippen molar-refractivity contribution in [3.8, 4) is 0 Å². The first kappa shape index (κ1) is 14.3. The molecule has 106 valence electrons. The SMILES string of the molecule is COCc1ccccc1C(=O)NC(C)c1ccc(C)o1. The van der Waals surface area contributed by atoms with E-state index in [0.29, 0.717) is 12.2 Å². The molecule has 4 nitrogen and oxygen atoms in total. The average molecular weight is 273 g/mol. The Hall–Kier alpha value is -2.07. The standard InChI is InChI=1S/C16H19NO3/c1-11-8-9-15(20-11)12(2)17-16(18)14-7-5-4-6-13(14)10-19-3/h4-9,12H,10H2,1-3H3,(H,17,18). The zero-order valence-electron chi connectivity index (χ0n) is 12.0. The van der Waals surface area contributed by atoms with Gasteiger partial charge in [-0.1, -0.05) is 18.2 Å². The van der Waals surface area contributed by atoms with Crippen molar-refractivity contribution < 1.29 is 13.9 Å². The number of furan rings is 1. The summed E-state index contributed by atoms with van der Waals surface area (Å²) in [5, 5.41) is 2.94. The smallest absolute Gasteiger partial charge is 0.252 e. The minimum absolute atomic E-state index is 0.126. The summed E-state index contributed by atoms with van der Waals surface area (Å²) < 4.78 is 10.6. The summed E-state index contributed by atoms with van der Waals surface area (Å²) >= 11 is 0. The molecule has 2 rings (SSSR count). The number of methoxy groups -OCH3 is 1. The largest absolute Gasteiger partial charge is 0.464 e. The quantitative estimate of drug-likeness (QED) is 0.910. The molecule has 0 aliphatic rings. The molecule has 1 aromatic heterocycles. The lowest BCUT2D eigenvalue weighted by molar-refractivity contribution is 0.0930. The second kappa shape index (κ2) is 6.39. The maximum Gasteiger partial charge on any atom is 0.252 e. The average Bonchev–Trinajstić information content (AvgIpc) is 2.86. The molecule has 1 amide bonds. The fourth-order valence-corrected chi connectivity index (χ4v) is 2.05. The van der Waals surface area contributed by atoms with Crippen LogP contribution in [-0.2, 0) is 11.3 Å². The van der Waals surface area contributed by atoms with Crippen LogP contribution in [-0.4, -0.2) is 13.0 Å².